The zero-order valence-electron chi connectivity index (χ0n) is 42.5. The van der Waals surface area contributed by atoms with Crippen molar-refractivity contribution in [2.75, 3.05) is 70.2 Å². The Labute approximate surface area is 435 Å². The number of guanidine groups is 2. The van der Waals surface area contributed by atoms with Gasteiger partial charge in [0.2, 0.25) is 23.7 Å². The molecule has 21 nitrogen and oxygen atoms in total. The molecule has 4 bridgehead atoms. The van der Waals surface area contributed by atoms with Crippen molar-refractivity contribution in [3.8, 4) is 34.3 Å². The average Bonchev–Trinajstić information content (AvgIpc) is 4.23. The molecule has 2 amide bonds. The lowest BCUT2D eigenvalue weighted by Gasteiger charge is -2.24. The van der Waals surface area contributed by atoms with Gasteiger partial charge in [-0.2, -0.15) is 25.3 Å². The van der Waals surface area contributed by atoms with Crippen LogP contribution in [0.3, 0.4) is 0 Å². The van der Waals surface area contributed by atoms with Crippen molar-refractivity contribution in [2.45, 2.75) is 57.4 Å². The lowest BCUT2D eigenvalue weighted by molar-refractivity contribution is 0.0994. The molecule has 0 aliphatic carbocycles. The Balaban J connectivity index is 0.939. The van der Waals surface area contributed by atoms with Gasteiger partial charge in [0.25, 0.3) is 11.8 Å². The number of hydrogen-bond acceptors (Lipinski definition) is 15. The number of rotatable bonds is 6. The number of benzene rings is 2. The summed E-state index contributed by atoms with van der Waals surface area (Å²) in [5.41, 5.74) is 7.93. The van der Waals surface area contributed by atoms with E-state index in [1.807, 2.05) is 41.1 Å². The van der Waals surface area contributed by atoms with Crippen molar-refractivity contribution in [1.29, 1.82) is 4.78 Å². The summed E-state index contributed by atoms with van der Waals surface area (Å²) in [6.07, 6.45) is 13.2. The summed E-state index contributed by atoms with van der Waals surface area (Å²) in [7, 11) is -3.81. The minimum absolute atomic E-state index is 0.142. The van der Waals surface area contributed by atoms with Gasteiger partial charge in [-0.25, -0.2) is 22.9 Å². The fourth-order valence-corrected chi connectivity index (χ4v) is 11.4. The van der Waals surface area contributed by atoms with E-state index in [0.29, 0.717) is 136 Å². The number of aromatic nitrogens is 7. The third-order valence-corrected chi connectivity index (χ3v) is 15.6. The highest BCUT2D eigenvalue weighted by Crippen LogP contribution is 2.39. The van der Waals surface area contributed by atoms with Gasteiger partial charge in [0.1, 0.15) is 0 Å². The first-order chi connectivity index (χ1) is 35.9. The molecule has 0 saturated heterocycles. The third-order valence-electron chi connectivity index (χ3n) is 13.6. The van der Waals surface area contributed by atoms with Crippen molar-refractivity contribution in [3.63, 3.8) is 0 Å². The predicted octanol–water partition coefficient (Wildman–Crippen LogP) is 7.35. The quantitative estimate of drug-likeness (QED) is 0.102. The van der Waals surface area contributed by atoms with Crippen LogP contribution in [-0.2, 0) is 39.9 Å². The molecule has 0 fully saturated rings. The summed E-state index contributed by atoms with van der Waals surface area (Å²) in [6, 6.07) is 19.7. The number of pyridine rings is 2. The maximum atomic E-state index is 14.5. The number of hydrogen-bond donors (Lipinski definition) is 5. The van der Waals surface area contributed by atoms with Crippen molar-refractivity contribution in [1.82, 2.24) is 34.2 Å². The van der Waals surface area contributed by atoms with Crippen molar-refractivity contribution < 1.29 is 27.5 Å². The van der Waals surface area contributed by atoms with E-state index in [-0.39, 0.29) is 11.8 Å². The Kier molecular flexibility index (Phi) is 12.8. The Morgan fingerprint density at radius 3 is 2.11 bits per heavy atom. The number of aryl methyl sites for hydroxylation is 3. The lowest BCUT2D eigenvalue weighted by Crippen LogP contribution is -2.35. The van der Waals surface area contributed by atoms with Gasteiger partial charge in [0.15, 0.2) is 0 Å². The number of thiol groups is 1. The minimum atomic E-state index is -3.02. The van der Waals surface area contributed by atoms with Crippen LogP contribution in [-0.4, -0.2) is 111 Å². The lowest BCUT2D eigenvalue weighted by atomic mass is 10.1. The molecule has 4 aliphatic heterocycles. The highest BCUT2D eigenvalue weighted by Gasteiger charge is 2.32. The number of anilines is 5. The van der Waals surface area contributed by atoms with Crippen LogP contribution in [0.2, 0.25) is 0 Å². The normalized spacial score (nSPS) is 20.4. The number of ether oxygens (including phenoxy) is 2. The topological polar surface area (TPSA) is 244 Å². The summed E-state index contributed by atoms with van der Waals surface area (Å²) < 4.78 is 55.3. The molecule has 9 heterocycles. The minimum Gasteiger partial charge on any atom is -0.477 e. The number of aliphatic imine (C=N–C) groups is 2. The summed E-state index contributed by atoms with van der Waals surface area (Å²) >= 11 is 0. The van der Waals surface area contributed by atoms with Crippen molar-refractivity contribution in [3.05, 3.63) is 102 Å². The zero-order chi connectivity index (χ0) is 52.3. The second kappa shape index (κ2) is 19.4. The molecule has 75 heavy (non-hydrogen) atoms. The maximum absolute atomic E-state index is 14.5. The van der Waals surface area contributed by atoms with Crippen LogP contribution in [0.1, 0.15) is 65.9 Å². The van der Waals surface area contributed by atoms with Crippen LogP contribution >= 0.6 is 0 Å². The van der Waals surface area contributed by atoms with Crippen LogP contribution in [0.25, 0.3) is 28.0 Å². The van der Waals surface area contributed by atoms with E-state index in [2.05, 4.69) is 49.4 Å². The van der Waals surface area contributed by atoms with E-state index < -0.39 is 31.7 Å². The fraction of sp³-hybridized carbons (Fsp3) is 0.346. The van der Waals surface area contributed by atoms with E-state index in [1.54, 1.807) is 87.4 Å². The van der Waals surface area contributed by atoms with Gasteiger partial charge < -0.3 is 34.6 Å². The molecule has 4 aliphatic rings. The highest BCUT2D eigenvalue weighted by molar-refractivity contribution is 8.02. The van der Waals surface area contributed by atoms with E-state index in [1.165, 1.54) is 6.26 Å². The Morgan fingerprint density at radius 1 is 0.787 bits per heavy atom. The van der Waals surface area contributed by atoms with Crippen molar-refractivity contribution >= 4 is 77.5 Å². The molecule has 3 unspecified atom stereocenters. The molecule has 4 N–H and O–H groups in total. The smallest absolute Gasteiger partial charge is 0.280 e. The number of nitrogens with one attached hydrogen (secondary N) is 4. The van der Waals surface area contributed by atoms with Gasteiger partial charge in [0, 0.05) is 72.7 Å². The second-order valence-electron chi connectivity index (χ2n) is 20.2. The van der Waals surface area contributed by atoms with Crippen LogP contribution in [0.4, 0.5) is 28.4 Å². The molecule has 0 radical (unpaired) electrons. The van der Waals surface area contributed by atoms with Crippen molar-refractivity contribution in [2.24, 2.45) is 28.9 Å². The number of amides is 2. The number of fused-ring (bicyclic) bond motifs is 16. The molecule has 3 atom stereocenters. The second-order valence-corrected chi connectivity index (χ2v) is 25.3. The van der Waals surface area contributed by atoms with Crippen LogP contribution in [0, 0.1) is 16.6 Å². The Bertz CT molecular complexity index is 3670. The molecule has 390 valence electrons. The van der Waals surface area contributed by atoms with Gasteiger partial charge in [-0.05, 0) is 114 Å². The molecule has 5 aromatic heterocycles. The van der Waals surface area contributed by atoms with Crippen LogP contribution < -0.4 is 34.6 Å². The molecule has 0 saturated carbocycles. The summed E-state index contributed by atoms with van der Waals surface area (Å²) in [4.78, 5) is 47.7. The number of nitrogens with zero attached hydrogens (tertiary/aromatic N) is 11. The first-order valence-corrected chi connectivity index (χ1v) is 29.5. The average molecular weight is 1050 g/mol. The van der Waals surface area contributed by atoms with E-state index in [4.69, 9.17) is 24.3 Å². The maximum Gasteiger partial charge on any atom is 0.280 e. The molecule has 7 aromatic rings. The molecule has 2 aromatic carbocycles. The van der Waals surface area contributed by atoms with Gasteiger partial charge in [0.05, 0.1) is 98.9 Å². The van der Waals surface area contributed by atoms with Gasteiger partial charge in [-0.1, -0.05) is 13.8 Å². The predicted molar refractivity (Wildman–Crippen MR) is 293 cm³/mol. The van der Waals surface area contributed by atoms with Gasteiger partial charge in [-0.15, -0.1) is 0 Å². The molecule has 0 spiro atoms. The first kappa shape index (κ1) is 49.3. The zero-order valence-corrected chi connectivity index (χ0v) is 44.2. The largest absolute Gasteiger partial charge is 0.477 e. The Morgan fingerprint density at radius 2 is 1.43 bits per heavy atom. The van der Waals surface area contributed by atoms with E-state index in [9.17, 15) is 18.0 Å². The summed E-state index contributed by atoms with van der Waals surface area (Å²) in [5, 5.41) is 20.7. The van der Waals surface area contributed by atoms with Crippen LogP contribution in [0.5, 0.6) is 11.8 Å². The molecule has 23 heteroatoms. The third kappa shape index (κ3) is 10.1. The summed E-state index contributed by atoms with van der Waals surface area (Å²) in [6.45, 7) is 6.42. The molecular formula is C52H59N15O6S2. The number of carbonyl (C=O) groups is 2. The number of carbonyl (C=O) groups excluding carboxylic acids is 2. The van der Waals surface area contributed by atoms with E-state index in [0.717, 1.165) is 30.6 Å². The van der Waals surface area contributed by atoms with Gasteiger partial charge in [-0.3, -0.25) is 18.8 Å². The first-order valence-electron chi connectivity index (χ1n) is 25.0. The highest BCUT2D eigenvalue weighted by atomic mass is 32.3. The summed E-state index contributed by atoms with van der Waals surface area (Å²) in [5.74, 6) is 1.07. The molecular weight excluding hydrogens is 995 g/mol. The van der Waals surface area contributed by atoms with Crippen LogP contribution in [0.15, 0.2) is 100 Å². The fourth-order valence-electron chi connectivity index (χ4n) is 9.98. The Hall–Kier alpha value is -7.92. The standard InChI is InChI=1S/C52H59N15O6S2/c1-31-10-8-20-73-50-40(44-24-34(22-37-15-17-54-67(37)44)48(69)61-51-58-41-13-11-36(62-74(4,5)70)25-45(41)64(51)29-31)28-56-66(50)18-16-35-21-33-23-43(57-35)39-27-55-63(3)49(39)72-19-7-9-32(2)30-65-46-26-38(75(6,53)71)12-14-42(46)59-52(65)60-47(33)68/h11-15,17,21-28,31-32,53,74H,7-10,16,18-20,29-30H2,1-6H3,(H,62,70)(H,58,61,69)(H,59,60,68). The van der Waals surface area contributed by atoms with Gasteiger partial charge >= 0.3 is 0 Å². The molecule has 11 rings (SSSR count). The van der Waals surface area contributed by atoms with E-state index >= 15 is 0 Å². The monoisotopic (exact) mass is 1050 g/mol. The SMILES string of the molecule is CC1CCCOc2c(cnn2C)-c2cc(cc(CCn3ncc4c3OCCCC(C)CN3/C(=N/C(=O)c5cc-4n4nccc4c5)Nc4ccc(N[SH](C)(C)=O)cc43)n2)C(=O)/N=C2\Nc3ccc(S(C)(=N)=O)cc3N2C1.